The fourth-order valence-corrected chi connectivity index (χ4v) is 0. The number of hydrogen-bond donors (Lipinski definition) is 2. The normalized spacial score (nSPS) is 6.25. The lowest BCUT2D eigenvalue weighted by Gasteiger charge is -1.61. The van der Waals surface area contributed by atoms with Crippen LogP contribution in [0.2, 0.25) is 0 Å². The van der Waals surface area contributed by atoms with Crippen LogP contribution in [-0.2, 0) is 4.57 Å². The topological polar surface area (TPSA) is 81.3 Å². The minimum Gasteiger partial charge on any atom is -0.326 e. The van der Waals surface area contributed by atoms with Crippen molar-refractivity contribution in [2.24, 2.45) is 0 Å². The smallest absolute Gasteiger partial charge is 0.314 e. The molecule has 8 heavy (non-hydrogen) atoms. The summed E-state index contributed by atoms with van der Waals surface area (Å²) in [7, 11) is -3.13. The van der Waals surface area contributed by atoms with Crippen molar-refractivity contribution in [2.45, 2.75) is 0 Å². The summed E-state index contributed by atoms with van der Waals surface area (Å²) in [5.74, 6) is 0. The van der Waals surface area contributed by atoms with Gasteiger partial charge in [0, 0.05) is 6.08 Å². The zero-order chi connectivity index (χ0) is 6.99. The maximum Gasteiger partial charge on any atom is 0.314 e. The van der Waals surface area contributed by atoms with E-state index in [0.717, 1.165) is 0 Å². The first kappa shape index (κ1) is 10.4. The molecule has 0 saturated carbocycles. The van der Waals surface area contributed by atoms with E-state index >= 15 is 0 Å². The van der Waals surface area contributed by atoms with Crippen LogP contribution in [0.1, 0.15) is 0 Å². The highest BCUT2D eigenvalue weighted by atomic mass is 31.1. The van der Waals surface area contributed by atoms with Gasteiger partial charge in [0.05, 0.1) is 6.07 Å². The largest absolute Gasteiger partial charge is 0.326 e. The molecule has 0 aromatic heterocycles. The van der Waals surface area contributed by atoms with Crippen molar-refractivity contribution in [1.29, 1.82) is 5.26 Å². The number of rotatable bonds is 0. The van der Waals surface area contributed by atoms with E-state index in [0.29, 0.717) is 0 Å². The predicted molar refractivity (Wildman–Crippen MR) is 29.2 cm³/mol. The molecule has 2 N–H and O–H groups in total. The molecule has 46 valence electrons. The molecule has 0 unspecified atom stereocenters. The van der Waals surface area contributed by atoms with Gasteiger partial charge in [-0.2, -0.15) is 5.26 Å². The second-order valence-electron chi connectivity index (χ2n) is 0.616. The van der Waals surface area contributed by atoms with Crippen molar-refractivity contribution in [3.05, 3.63) is 12.7 Å². The molecule has 0 fully saturated rings. The van der Waals surface area contributed by atoms with Crippen molar-refractivity contribution in [2.75, 3.05) is 0 Å². The Hall–Kier alpha value is -0.620. The minimum absolute atomic E-state index is 1.18. The van der Waals surface area contributed by atoms with Gasteiger partial charge in [-0.15, -0.1) is 0 Å². The van der Waals surface area contributed by atoms with Gasteiger partial charge < -0.3 is 9.79 Å². The van der Waals surface area contributed by atoms with E-state index < -0.39 is 8.25 Å². The summed E-state index contributed by atoms with van der Waals surface area (Å²) >= 11 is 0. The molecule has 0 heterocycles. The Labute approximate surface area is 47.6 Å². The molecule has 0 bridgehead atoms. The third-order valence-corrected chi connectivity index (χ3v) is 0.0913. The highest BCUT2D eigenvalue weighted by Crippen LogP contribution is 1.98. The number of nitriles is 1. The zero-order valence-electron chi connectivity index (χ0n) is 4.03. The highest BCUT2D eigenvalue weighted by Gasteiger charge is 1.61. The Bertz CT molecular complexity index is 112. The second-order valence-corrected chi connectivity index (χ2v) is 1.18. The van der Waals surface area contributed by atoms with Crippen molar-refractivity contribution in [3.63, 3.8) is 0 Å². The van der Waals surface area contributed by atoms with Crippen molar-refractivity contribution in [3.8, 4) is 6.07 Å². The van der Waals surface area contributed by atoms with Crippen LogP contribution in [0.15, 0.2) is 12.7 Å². The summed E-state index contributed by atoms with van der Waals surface area (Å²) < 4.78 is 8.74. The van der Waals surface area contributed by atoms with Gasteiger partial charge in [-0.25, -0.2) is 0 Å². The summed E-state index contributed by atoms with van der Waals surface area (Å²) in [6.45, 7) is 3.12. The Morgan fingerprint density at radius 2 is 1.88 bits per heavy atom. The maximum atomic E-state index is 8.74. The lowest BCUT2D eigenvalue weighted by atomic mass is 10.8. The molecular formula is C3H6NO3P. The molecule has 0 aliphatic heterocycles. The Kier molecular flexibility index (Phi) is 12.5. The average Bonchev–Trinajstić information content (AvgIpc) is 1.65. The van der Waals surface area contributed by atoms with E-state index in [1.807, 2.05) is 0 Å². The molecule has 0 aromatic carbocycles. The van der Waals surface area contributed by atoms with Crippen LogP contribution in [-0.4, -0.2) is 9.79 Å². The first-order chi connectivity index (χ1) is 3.65. The zero-order valence-corrected chi connectivity index (χ0v) is 5.03. The van der Waals surface area contributed by atoms with Crippen LogP contribution >= 0.6 is 8.25 Å². The van der Waals surface area contributed by atoms with Crippen molar-refractivity contribution < 1.29 is 14.4 Å². The highest BCUT2D eigenvalue weighted by molar-refractivity contribution is 7.30. The third kappa shape index (κ3) is 715. The SMILES string of the molecule is C=CC#N.O=[PH](O)O. The van der Waals surface area contributed by atoms with Crippen LogP contribution in [0.5, 0.6) is 0 Å². The van der Waals surface area contributed by atoms with Gasteiger partial charge in [0.2, 0.25) is 0 Å². The lowest BCUT2D eigenvalue weighted by Crippen LogP contribution is -1.38. The predicted octanol–water partition coefficient (Wildman–Crippen LogP) is 0.0567. The first-order valence-corrected chi connectivity index (χ1v) is 2.87. The second kappa shape index (κ2) is 9.63. The van der Waals surface area contributed by atoms with Crippen molar-refractivity contribution >= 4 is 8.25 Å². The van der Waals surface area contributed by atoms with Crippen molar-refractivity contribution in [1.82, 2.24) is 0 Å². The summed E-state index contributed by atoms with van der Waals surface area (Å²) in [5, 5.41) is 7.51. The Balaban J connectivity index is 0. The molecule has 0 saturated heterocycles. The molecule has 5 heteroatoms. The van der Waals surface area contributed by atoms with E-state index in [1.54, 1.807) is 6.07 Å². The monoisotopic (exact) mass is 135 g/mol. The standard InChI is InChI=1S/C3H3N.H3O3P/c1-2-3-4;1-4(2)3/h2H,1H2;4H,(H2,1,2,3). The van der Waals surface area contributed by atoms with Gasteiger partial charge in [-0.1, -0.05) is 6.58 Å². The fourth-order valence-electron chi connectivity index (χ4n) is 0. The minimum atomic E-state index is -3.13. The maximum absolute atomic E-state index is 8.74. The quantitative estimate of drug-likeness (QED) is 0.363. The van der Waals surface area contributed by atoms with Gasteiger partial charge in [0.1, 0.15) is 0 Å². The Morgan fingerprint density at radius 3 is 1.88 bits per heavy atom. The summed E-state index contributed by atoms with van der Waals surface area (Å²) in [6.07, 6.45) is 1.18. The molecule has 0 atom stereocenters. The molecule has 0 aliphatic carbocycles. The van der Waals surface area contributed by atoms with E-state index in [9.17, 15) is 0 Å². The number of nitrogens with zero attached hydrogens (tertiary/aromatic N) is 1. The summed E-state index contributed by atoms with van der Waals surface area (Å²) in [6, 6.07) is 1.69. The first-order valence-electron chi connectivity index (χ1n) is 1.57. The van der Waals surface area contributed by atoms with Crippen LogP contribution in [0.3, 0.4) is 0 Å². The van der Waals surface area contributed by atoms with Gasteiger partial charge in [0.15, 0.2) is 0 Å². The van der Waals surface area contributed by atoms with Gasteiger partial charge >= 0.3 is 8.25 Å². The molecular weight excluding hydrogens is 129 g/mol. The number of allylic oxidation sites excluding steroid dienone is 1. The number of hydrogen-bond acceptors (Lipinski definition) is 2. The van der Waals surface area contributed by atoms with E-state index in [4.69, 9.17) is 19.6 Å². The third-order valence-electron chi connectivity index (χ3n) is 0.0913. The van der Waals surface area contributed by atoms with Gasteiger partial charge in [0.25, 0.3) is 0 Å². The molecule has 0 radical (unpaired) electrons. The molecule has 0 rings (SSSR count). The molecule has 0 amide bonds. The summed E-state index contributed by atoms with van der Waals surface area (Å²) in [4.78, 5) is 14.3. The molecule has 4 nitrogen and oxygen atoms in total. The van der Waals surface area contributed by atoms with Crippen LogP contribution in [0.25, 0.3) is 0 Å². The molecule has 0 aromatic rings. The Morgan fingerprint density at radius 1 is 1.75 bits per heavy atom. The lowest BCUT2D eigenvalue weighted by molar-refractivity contribution is 0.405. The van der Waals surface area contributed by atoms with Gasteiger partial charge in [-0.3, -0.25) is 4.57 Å². The van der Waals surface area contributed by atoms with E-state index in [1.165, 1.54) is 6.08 Å². The van der Waals surface area contributed by atoms with Crippen LogP contribution in [0.4, 0.5) is 0 Å². The summed E-state index contributed by atoms with van der Waals surface area (Å²) in [5.41, 5.74) is 0. The van der Waals surface area contributed by atoms with Crippen LogP contribution < -0.4 is 0 Å². The van der Waals surface area contributed by atoms with E-state index in [2.05, 4.69) is 6.58 Å². The van der Waals surface area contributed by atoms with E-state index in [-0.39, 0.29) is 0 Å². The van der Waals surface area contributed by atoms with Gasteiger partial charge in [-0.05, 0) is 0 Å². The van der Waals surface area contributed by atoms with Crippen LogP contribution in [0, 0.1) is 11.3 Å². The molecule has 0 spiro atoms. The average molecular weight is 135 g/mol. The molecule has 0 aliphatic rings. The fraction of sp³-hybridized carbons (Fsp3) is 0.